The van der Waals surface area contributed by atoms with Crippen molar-refractivity contribution in [1.82, 2.24) is 9.55 Å². The summed E-state index contributed by atoms with van der Waals surface area (Å²) in [5, 5.41) is 0.622. The third-order valence-corrected chi connectivity index (χ3v) is 16.2. The van der Waals surface area contributed by atoms with Crippen LogP contribution < -0.4 is 4.57 Å². The number of hydrogen-bond acceptors (Lipinski definition) is 1. The van der Waals surface area contributed by atoms with Crippen molar-refractivity contribution < 1.29 is 4.57 Å². The molecule has 0 radical (unpaired) electrons. The maximum Gasteiger partial charge on any atom is 0.249 e. The van der Waals surface area contributed by atoms with E-state index in [4.69, 9.17) is 4.98 Å². The lowest BCUT2D eigenvalue weighted by Gasteiger charge is -2.40. The lowest BCUT2D eigenvalue weighted by Crippen LogP contribution is -2.46. The molecule has 33 heavy (non-hydrogen) atoms. The summed E-state index contributed by atoms with van der Waals surface area (Å²) in [7, 11) is -0.892. The van der Waals surface area contributed by atoms with Crippen LogP contribution in [0.25, 0.3) is 28.0 Å². The SMILES string of the molecule is Cc1ccnc(-c2c(C([Si](C)(C)C)[Si](C)(C)C)cccc2-n2c[n+](C)c3ccccc32)c1C. The highest BCUT2D eigenvalue weighted by Crippen LogP contribution is 2.43. The van der Waals surface area contributed by atoms with Crippen LogP contribution in [0.3, 0.4) is 0 Å². The van der Waals surface area contributed by atoms with Gasteiger partial charge in [-0.25, -0.2) is 4.57 Å². The molecule has 0 amide bonds. The Kier molecular flexibility index (Phi) is 6.00. The molecule has 4 aromatic rings. The highest BCUT2D eigenvalue weighted by atomic mass is 28.4. The molecule has 0 N–H and O–H groups in total. The van der Waals surface area contributed by atoms with E-state index in [1.54, 1.807) is 0 Å². The molecule has 0 aliphatic rings. The summed E-state index contributed by atoms with van der Waals surface area (Å²) in [4.78, 5) is 5.00. The Balaban J connectivity index is 2.15. The van der Waals surface area contributed by atoms with Crippen LogP contribution in [-0.4, -0.2) is 25.7 Å². The van der Waals surface area contributed by atoms with Gasteiger partial charge in [0.2, 0.25) is 6.33 Å². The molecule has 0 atom stereocenters. The second-order valence-corrected chi connectivity index (χ2v) is 22.8. The van der Waals surface area contributed by atoms with Crippen molar-refractivity contribution in [2.24, 2.45) is 7.05 Å². The molecule has 0 fully saturated rings. The number of aryl methyl sites for hydroxylation is 2. The van der Waals surface area contributed by atoms with E-state index >= 15 is 0 Å². The van der Waals surface area contributed by atoms with Gasteiger partial charge in [-0.1, -0.05) is 63.5 Å². The molecule has 2 aromatic carbocycles. The van der Waals surface area contributed by atoms with Gasteiger partial charge in [-0.05, 0) is 60.0 Å². The molecule has 5 heteroatoms. The first-order valence-electron chi connectivity index (χ1n) is 11.9. The summed E-state index contributed by atoms with van der Waals surface area (Å²) in [6.45, 7) is 19.6. The lowest BCUT2D eigenvalue weighted by atomic mass is 9.97. The van der Waals surface area contributed by atoms with E-state index in [0.717, 1.165) is 5.69 Å². The molecule has 2 heterocycles. The Morgan fingerprint density at radius 1 is 0.848 bits per heavy atom. The van der Waals surface area contributed by atoms with Crippen LogP contribution in [0.15, 0.2) is 61.1 Å². The van der Waals surface area contributed by atoms with E-state index in [1.807, 2.05) is 6.20 Å². The van der Waals surface area contributed by atoms with Crippen molar-refractivity contribution in [1.29, 1.82) is 0 Å². The highest BCUT2D eigenvalue weighted by Gasteiger charge is 2.41. The van der Waals surface area contributed by atoms with Gasteiger partial charge in [0.05, 0.1) is 18.3 Å². The van der Waals surface area contributed by atoms with Crippen molar-refractivity contribution >= 4 is 27.2 Å². The van der Waals surface area contributed by atoms with Crippen LogP contribution in [0.4, 0.5) is 0 Å². The van der Waals surface area contributed by atoms with Crippen molar-refractivity contribution in [3.63, 3.8) is 0 Å². The second kappa shape index (κ2) is 8.37. The molecule has 0 saturated heterocycles. The van der Waals surface area contributed by atoms with Gasteiger partial charge < -0.3 is 0 Å². The summed E-state index contributed by atoms with van der Waals surface area (Å²) in [5.74, 6) is 0. The fourth-order valence-electron chi connectivity index (χ4n) is 5.83. The van der Waals surface area contributed by atoms with E-state index in [1.165, 1.54) is 39.0 Å². The van der Waals surface area contributed by atoms with Gasteiger partial charge >= 0.3 is 0 Å². The molecule has 3 nitrogen and oxygen atoms in total. The average molecular weight is 473 g/mol. The second-order valence-electron chi connectivity index (χ2n) is 11.6. The number of fused-ring (bicyclic) bond motifs is 1. The summed E-state index contributed by atoms with van der Waals surface area (Å²) in [6, 6.07) is 17.7. The van der Waals surface area contributed by atoms with Gasteiger partial charge in [-0.3, -0.25) is 4.98 Å². The predicted molar refractivity (Wildman–Crippen MR) is 147 cm³/mol. The van der Waals surface area contributed by atoms with Gasteiger partial charge in [0, 0.05) is 22.3 Å². The first-order chi connectivity index (χ1) is 15.4. The predicted octanol–water partition coefficient (Wildman–Crippen LogP) is 6.97. The van der Waals surface area contributed by atoms with E-state index in [2.05, 4.69) is 124 Å². The zero-order valence-corrected chi connectivity index (χ0v) is 23.7. The van der Waals surface area contributed by atoms with Gasteiger partial charge in [0.25, 0.3) is 0 Å². The molecule has 0 bridgehead atoms. The number of imidazole rings is 1. The minimum atomic E-state index is -1.51. The number of rotatable bonds is 5. The molecule has 0 aliphatic carbocycles. The van der Waals surface area contributed by atoms with Gasteiger partial charge in [-0.2, -0.15) is 4.57 Å². The molecule has 0 unspecified atom stereocenters. The van der Waals surface area contributed by atoms with Crippen LogP contribution in [0.1, 0.15) is 21.9 Å². The topological polar surface area (TPSA) is 21.7 Å². The van der Waals surface area contributed by atoms with Gasteiger partial charge in [0.15, 0.2) is 11.0 Å². The minimum absolute atomic E-state index is 0.622. The van der Waals surface area contributed by atoms with Crippen LogP contribution in [0, 0.1) is 13.8 Å². The molecular weight excluding hydrogens is 435 g/mol. The summed E-state index contributed by atoms with van der Waals surface area (Å²) in [5.41, 5.74) is 10.2. The minimum Gasteiger partial charge on any atom is -0.256 e. The van der Waals surface area contributed by atoms with E-state index < -0.39 is 16.1 Å². The molecule has 172 valence electrons. The van der Waals surface area contributed by atoms with Crippen molar-refractivity contribution in [2.75, 3.05) is 0 Å². The fraction of sp³-hybridized carbons (Fsp3) is 0.357. The summed E-state index contributed by atoms with van der Waals surface area (Å²) < 4.78 is 4.58. The largest absolute Gasteiger partial charge is 0.256 e. The first-order valence-corrected chi connectivity index (χ1v) is 19.1. The molecular formula is C28H38N3Si2+. The molecule has 4 rings (SSSR count). The normalized spacial score (nSPS) is 12.7. The number of para-hydroxylation sites is 2. The van der Waals surface area contributed by atoms with Gasteiger partial charge in [-0.15, -0.1) is 0 Å². The maximum atomic E-state index is 5.00. The van der Waals surface area contributed by atoms with Crippen LogP contribution in [0.5, 0.6) is 0 Å². The van der Waals surface area contributed by atoms with Crippen molar-refractivity contribution in [2.45, 2.75) is 58.3 Å². The van der Waals surface area contributed by atoms with Crippen molar-refractivity contribution in [3.8, 4) is 16.9 Å². The third-order valence-electron chi connectivity index (χ3n) is 6.90. The zero-order valence-electron chi connectivity index (χ0n) is 21.7. The maximum absolute atomic E-state index is 5.00. The Labute approximate surface area is 201 Å². The third kappa shape index (κ3) is 4.24. The molecule has 0 aliphatic heterocycles. The standard InChI is InChI=1S/C28H38N3Si2/c1-20-17-18-29-27(21(20)2)26-22(28(32(4,5)6)33(7,8)9)13-12-16-25(26)31-19-30(3)23-14-10-11-15-24(23)31/h10-19,28H,1-9H3/q+1. The average Bonchev–Trinajstić information content (AvgIpc) is 3.05. The number of nitrogens with zero attached hydrogens (tertiary/aromatic N) is 3. The number of aromatic nitrogens is 3. The summed E-state index contributed by atoms with van der Waals surface area (Å²) >= 11 is 0. The summed E-state index contributed by atoms with van der Waals surface area (Å²) in [6.07, 6.45) is 4.19. The fourth-order valence-corrected chi connectivity index (χ4v) is 18.6. The van der Waals surface area contributed by atoms with E-state index in [0.29, 0.717) is 5.16 Å². The van der Waals surface area contributed by atoms with E-state index in [9.17, 15) is 0 Å². The Bertz CT molecular complexity index is 1310. The van der Waals surface area contributed by atoms with Crippen LogP contribution in [-0.2, 0) is 7.05 Å². The molecule has 0 spiro atoms. The zero-order chi connectivity index (χ0) is 24.1. The van der Waals surface area contributed by atoms with Crippen LogP contribution >= 0.6 is 0 Å². The van der Waals surface area contributed by atoms with Crippen molar-refractivity contribution in [3.05, 3.63) is 77.7 Å². The molecule has 0 saturated carbocycles. The quantitative estimate of drug-likeness (QED) is 0.227. The highest BCUT2D eigenvalue weighted by molar-refractivity contribution is 6.96. The smallest absolute Gasteiger partial charge is 0.249 e. The number of hydrogen-bond donors (Lipinski definition) is 0. The number of pyridine rings is 1. The van der Waals surface area contributed by atoms with Crippen LogP contribution in [0.2, 0.25) is 39.3 Å². The monoisotopic (exact) mass is 472 g/mol. The van der Waals surface area contributed by atoms with Gasteiger partial charge in [0.1, 0.15) is 5.69 Å². The molecule has 2 aromatic heterocycles. The Hall–Kier alpha value is -2.51. The van der Waals surface area contributed by atoms with E-state index in [-0.39, 0.29) is 0 Å². The Morgan fingerprint density at radius 2 is 1.52 bits per heavy atom. The first kappa shape index (κ1) is 23.6. The lowest BCUT2D eigenvalue weighted by molar-refractivity contribution is -0.645. The number of benzene rings is 2. The Morgan fingerprint density at radius 3 is 2.18 bits per heavy atom.